The molecule has 0 bridgehead atoms. The molecule has 1 aromatic carbocycles. The van der Waals surface area contributed by atoms with Crippen LogP contribution in [0.2, 0.25) is 0 Å². The summed E-state index contributed by atoms with van der Waals surface area (Å²) < 4.78 is 6.82. The van der Waals surface area contributed by atoms with Crippen molar-refractivity contribution in [1.82, 2.24) is 20.2 Å². The van der Waals surface area contributed by atoms with Crippen molar-refractivity contribution < 1.29 is 4.74 Å². The summed E-state index contributed by atoms with van der Waals surface area (Å²) in [5.41, 5.74) is 0.890. The van der Waals surface area contributed by atoms with Crippen LogP contribution < -0.4 is 4.74 Å². The van der Waals surface area contributed by atoms with Gasteiger partial charge >= 0.3 is 6.01 Å². The van der Waals surface area contributed by atoms with Crippen LogP contribution in [0.1, 0.15) is 6.92 Å². The van der Waals surface area contributed by atoms with Gasteiger partial charge in [-0.25, -0.2) is 0 Å². The highest BCUT2D eigenvalue weighted by Gasteiger charge is 2.07. The highest BCUT2D eigenvalue weighted by Crippen LogP contribution is 2.11. The van der Waals surface area contributed by atoms with Crippen molar-refractivity contribution in [2.24, 2.45) is 0 Å². The zero-order chi connectivity index (χ0) is 9.80. The molecule has 0 amide bonds. The first kappa shape index (κ1) is 8.68. The highest BCUT2D eigenvalue weighted by molar-refractivity contribution is 5.31. The minimum Gasteiger partial charge on any atom is -0.463 e. The van der Waals surface area contributed by atoms with Crippen LogP contribution in [-0.4, -0.2) is 26.8 Å². The molecule has 5 nitrogen and oxygen atoms in total. The lowest BCUT2D eigenvalue weighted by Gasteiger charge is -2.03. The van der Waals surface area contributed by atoms with Gasteiger partial charge in [-0.3, -0.25) is 0 Å². The normalized spacial score (nSPS) is 10.1. The van der Waals surface area contributed by atoms with Gasteiger partial charge in [-0.2, -0.15) is 4.68 Å². The van der Waals surface area contributed by atoms with Crippen molar-refractivity contribution in [2.75, 3.05) is 6.61 Å². The summed E-state index contributed by atoms with van der Waals surface area (Å²) in [5.74, 6) is 0. The van der Waals surface area contributed by atoms with Crippen LogP contribution in [0.15, 0.2) is 30.3 Å². The van der Waals surface area contributed by atoms with Crippen molar-refractivity contribution in [3.05, 3.63) is 30.3 Å². The number of rotatable bonds is 3. The topological polar surface area (TPSA) is 52.8 Å². The van der Waals surface area contributed by atoms with E-state index in [1.165, 1.54) is 0 Å². The van der Waals surface area contributed by atoms with E-state index in [9.17, 15) is 0 Å². The second-order valence-corrected chi connectivity index (χ2v) is 2.64. The van der Waals surface area contributed by atoms with Gasteiger partial charge in [0.2, 0.25) is 0 Å². The SMILES string of the molecule is CCOc1nnnn1-c1ccccc1. The average molecular weight is 190 g/mol. The number of hydrogen-bond donors (Lipinski definition) is 0. The zero-order valence-electron chi connectivity index (χ0n) is 7.79. The van der Waals surface area contributed by atoms with E-state index in [2.05, 4.69) is 15.5 Å². The highest BCUT2D eigenvalue weighted by atomic mass is 16.5. The molecular formula is C9H10N4O. The second kappa shape index (κ2) is 3.87. The fraction of sp³-hybridized carbons (Fsp3) is 0.222. The molecule has 0 N–H and O–H groups in total. The van der Waals surface area contributed by atoms with Gasteiger partial charge in [0.15, 0.2) is 0 Å². The number of ether oxygens (including phenoxy) is 1. The van der Waals surface area contributed by atoms with E-state index < -0.39 is 0 Å². The van der Waals surface area contributed by atoms with Crippen LogP contribution in [0.25, 0.3) is 5.69 Å². The Bertz CT molecular complexity index is 398. The molecule has 0 saturated carbocycles. The predicted octanol–water partition coefficient (Wildman–Crippen LogP) is 1.06. The molecule has 14 heavy (non-hydrogen) atoms. The quantitative estimate of drug-likeness (QED) is 0.726. The molecule has 0 saturated heterocycles. The summed E-state index contributed by atoms with van der Waals surface area (Å²) in [7, 11) is 0. The van der Waals surface area contributed by atoms with E-state index in [1.54, 1.807) is 4.68 Å². The number of para-hydroxylation sites is 1. The van der Waals surface area contributed by atoms with Gasteiger partial charge in [0.1, 0.15) is 0 Å². The van der Waals surface area contributed by atoms with Gasteiger partial charge < -0.3 is 4.74 Å². The maximum Gasteiger partial charge on any atom is 0.340 e. The molecule has 0 atom stereocenters. The Labute approximate surface area is 81.3 Å². The van der Waals surface area contributed by atoms with Crippen molar-refractivity contribution in [3.8, 4) is 11.7 Å². The molecule has 0 aliphatic rings. The van der Waals surface area contributed by atoms with Crippen LogP contribution in [0.3, 0.4) is 0 Å². The third kappa shape index (κ3) is 1.56. The molecule has 0 aliphatic heterocycles. The molecule has 0 radical (unpaired) electrons. The van der Waals surface area contributed by atoms with Gasteiger partial charge in [-0.1, -0.05) is 23.3 Å². The molecule has 1 aromatic heterocycles. The number of tetrazole rings is 1. The summed E-state index contributed by atoms with van der Waals surface area (Å²) in [6, 6.07) is 10.0. The lowest BCUT2D eigenvalue weighted by molar-refractivity contribution is 0.303. The van der Waals surface area contributed by atoms with E-state index in [0.29, 0.717) is 12.6 Å². The molecule has 0 aliphatic carbocycles. The number of nitrogens with zero attached hydrogens (tertiary/aromatic N) is 4. The van der Waals surface area contributed by atoms with Crippen molar-refractivity contribution >= 4 is 0 Å². The molecule has 1 heterocycles. The molecule has 0 spiro atoms. The molecule has 72 valence electrons. The minimum absolute atomic E-state index is 0.415. The summed E-state index contributed by atoms with van der Waals surface area (Å²) in [5, 5.41) is 11.2. The first-order valence-electron chi connectivity index (χ1n) is 4.38. The predicted molar refractivity (Wildman–Crippen MR) is 50.3 cm³/mol. The Balaban J connectivity index is 2.37. The summed E-state index contributed by atoms with van der Waals surface area (Å²) in [6.45, 7) is 2.44. The van der Waals surface area contributed by atoms with E-state index in [1.807, 2.05) is 37.3 Å². The van der Waals surface area contributed by atoms with E-state index in [4.69, 9.17) is 4.74 Å². The van der Waals surface area contributed by atoms with Gasteiger partial charge in [-0.05, 0) is 29.5 Å². The Morgan fingerprint density at radius 2 is 2.07 bits per heavy atom. The third-order valence-corrected chi connectivity index (χ3v) is 1.72. The molecular weight excluding hydrogens is 180 g/mol. The number of aromatic nitrogens is 4. The Morgan fingerprint density at radius 1 is 1.29 bits per heavy atom. The Kier molecular flexibility index (Phi) is 2.40. The van der Waals surface area contributed by atoms with Crippen molar-refractivity contribution in [3.63, 3.8) is 0 Å². The molecule has 0 unspecified atom stereocenters. The summed E-state index contributed by atoms with van der Waals surface area (Å²) >= 11 is 0. The van der Waals surface area contributed by atoms with E-state index in [0.717, 1.165) is 5.69 Å². The molecule has 2 rings (SSSR count). The van der Waals surface area contributed by atoms with Crippen LogP contribution in [-0.2, 0) is 0 Å². The van der Waals surface area contributed by atoms with Gasteiger partial charge in [0.25, 0.3) is 0 Å². The summed E-state index contributed by atoms with van der Waals surface area (Å²) in [4.78, 5) is 0. The van der Waals surface area contributed by atoms with Crippen LogP contribution in [0, 0.1) is 0 Å². The maximum atomic E-state index is 5.26. The maximum absolute atomic E-state index is 5.26. The largest absolute Gasteiger partial charge is 0.463 e. The van der Waals surface area contributed by atoms with Crippen LogP contribution >= 0.6 is 0 Å². The smallest absolute Gasteiger partial charge is 0.340 e. The summed E-state index contributed by atoms with van der Waals surface area (Å²) in [6.07, 6.45) is 0. The van der Waals surface area contributed by atoms with Gasteiger partial charge in [-0.15, -0.1) is 0 Å². The third-order valence-electron chi connectivity index (χ3n) is 1.72. The first-order chi connectivity index (χ1) is 6.92. The number of hydrogen-bond acceptors (Lipinski definition) is 4. The monoisotopic (exact) mass is 190 g/mol. The standard InChI is InChI=1S/C9H10N4O/c1-2-14-9-10-11-12-13(9)8-6-4-3-5-7-8/h3-7H,2H2,1H3. The minimum atomic E-state index is 0.415. The van der Waals surface area contributed by atoms with Crippen LogP contribution in [0.4, 0.5) is 0 Å². The number of benzene rings is 1. The van der Waals surface area contributed by atoms with Crippen molar-refractivity contribution in [2.45, 2.75) is 6.92 Å². The Morgan fingerprint density at radius 3 is 2.79 bits per heavy atom. The van der Waals surface area contributed by atoms with E-state index >= 15 is 0 Å². The molecule has 5 heteroatoms. The molecule has 0 fully saturated rings. The van der Waals surface area contributed by atoms with Gasteiger partial charge in [0, 0.05) is 0 Å². The van der Waals surface area contributed by atoms with Gasteiger partial charge in [0.05, 0.1) is 12.3 Å². The first-order valence-corrected chi connectivity index (χ1v) is 4.38. The van der Waals surface area contributed by atoms with E-state index in [-0.39, 0.29) is 0 Å². The Hall–Kier alpha value is -1.91. The lowest BCUT2D eigenvalue weighted by atomic mass is 10.3. The van der Waals surface area contributed by atoms with Crippen LogP contribution in [0.5, 0.6) is 6.01 Å². The second-order valence-electron chi connectivity index (χ2n) is 2.64. The van der Waals surface area contributed by atoms with Crippen molar-refractivity contribution in [1.29, 1.82) is 0 Å². The fourth-order valence-electron chi connectivity index (χ4n) is 1.13. The zero-order valence-corrected chi connectivity index (χ0v) is 7.79. The average Bonchev–Trinajstić information content (AvgIpc) is 2.68. The fourth-order valence-corrected chi connectivity index (χ4v) is 1.13. The lowest BCUT2D eigenvalue weighted by Crippen LogP contribution is -2.02. The molecule has 2 aromatic rings.